The molecule has 2 aromatic heterocycles. The molecule has 4 unspecified atom stereocenters. The number of carboxylic acids is 2. The van der Waals surface area contributed by atoms with Crippen LogP contribution < -0.4 is 21.3 Å². The Balaban J connectivity index is 0.940. The Morgan fingerprint density at radius 1 is 0.655 bits per heavy atom. The molecule has 6 rings (SSSR count). The second kappa shape index (κ2) is 18.4. The quantitative estimate of drug-likeness (QED) is 0.136. The molecule has 0 spiro atoms. The first kappa shape index (κ1) is 39.4. The number of nitrogens with one attached hydrogen (secondary N) is 4. The number of hydrogen-bond acceptors (Lipinski definition) is 10. The number of aryl methyl sites for hydroxylation is 2. The lowest BCUT2D eigenvalue weighted by Crippen LogP contribution is -2.45. The number of nitrogens with zero attached hydrogens (tertiary/aromatic N) is 4. The van der Waals surface area contributed by atoms with Gasteiger partial charge in [0.2, 0.25) is 23.6 Å². The maximum atomic E-state index is 12.7. The summed E-state index contributed by atoms with van der Waals surface area (Å²) in [6, 6.07) is 8.58. The summed E-state index contributed by atoms with van der Waals surface area (Å²) in [5, 5.41) is 30.8. The number of piperidine rings is 2. The number of pyridine rings is 2. The number of aliphatic carboxylic acids is 2. The van der Waals surface area contributed by atoms with Gasteiger partial charge in [-0.1, -0.05) is 12.1 Å². The van der Waals surface area contributed by atoms with E-state index < -0.39 is 23.8 Å². The van der Waals surface area contributed by atoms with Crippen LogP contribution >= 0.6 is 0 Å². The van der Waals surface area contributed by atoms with Crippen molar-refractivity contribution in [2.75, 3.05) is 63.0 Å². The topological polar surface area (TPSA) is 223 Å². The minimum Gasteiger partial charge on any atom is -0.480 e. The fraction of sp³-hybridized carbons (Fsp3) is 0.590. The fourth-order valence-corrected chi connectivity index (χ4v) is 8.30. The molecule has 2 fully saturated rings. The predicted molar refractivity (Wildman–Crippen MR) is 201 cm³/mol. The van der Waals surface area contributed by atoms with E-state index in [1.165, 1.54) is 20.9 Å². The molecule has 0 radical (unpaired) electrons. The van der Waals surface area contributed by atoms with Crippen molar-refractivity contribution in [1.82, 2.24) is 30.4 Å². The zero-order chi connectivity index (χ0) is 38.9. The number of unbranched alkanes of at least 4 members (excludes halogenated alkanes) is 1. The molecule has 4 aliphatic heterocycles. The summed E-state index contributed by atoms with van der Waals surface area (Å²) in [7, 11) is 0. The SMILES string of the molecule is O=C(O)CN1CCC(C(=O)NCCCCc2ccc3c(n2)NCCC3C2CCNc3nc(CCCNC(=O)C4CCN(CC(=O)O)C(=O)C4)ccc32)CC1=O. The van der Waals surface area contributed by atoms with E-state index in [4.69, 9.17) is 20.2 Å². The third kappa shape index (κ3) is 10.3. The lowest BCUT2D eigenvalue weighted by Gasteiger charge is -2.36. The summed E-state index contributed by atoms with van der Waals surface area (Å²) in [4.78, 5) is 84.1. The first-order chi connectivity index (χ1) is 26.5. The van der Waals surface area contributed by atoms with Gasteiger partial charge < -0.3 is 41.3 Å². The highest BCUT2D eigenvalue weighted by atomic mass is 16.4. The number of carbonyl (C=O) groups is 6. The Kier molecular flexibility index (Phi) is 13.2. The number of fused-ring (bicyclic) bond motifs is 2. The largest absolute Gasteiger partial charge is 0.480 e. The average molecular weight is 761 g/mol. The van der Waals surface area contributed by atoms with Crippen LogP contribution in [0.1, 0.15) is 92.1 Å². The molecule has 0 aromatic carbocycles. The summed E-state index contributed by atoms with van der Waals surface area (Å²) in [5.41, 5.74) is 4.38. The molecule has 55 heavy (non-hydrogen) atoms. The van der Waals surface area contributed by atoms with Gasteiger partial charge in [0.05, 0.1) is 0 Å². The van der Waals surface area contributed by atoms with Crippen LogP contribution in [0, 0.1) is 11.8 Å². The van der Waals surface area contributed by atoms with Gasteiger partial charge in [0.1, 0.15) is 24.7 Å². The minimum absolute atomic E-state index is 0.0351. The third-order valence-electron chi connectivity index (χ3n) is 11.3. The van der Waals surface area contributed by atoms with Gasteiger partial charge in [0.25, 0.3) is 0 Å². The Hall–Kier alpha value is -5.28. The van der Waals surface area contributed by atoms with Crippen LogP contribution in [0.4, 0.5) is 11.6 Å². The van der Waals surface area contributed by atoms with E-state index in [0.717, 1.165) is 68.2 Å². The van der Waals surface area contributed by atoms with Crippen LogP contribution in [-0.4, -0.2) is 118 Å². The maximum absolute atomic E-state index is 12.7. The van der Waals surface area contributed by atoms with Crippen LogP contribution in [0.15, 0.2) is 24.3 Å². The molecule has 16 heteroatoms. The molecular formula is C39H52N8O8. The highest BCUT2D eigenvalue weighted by Gasteiger charge is 2.35. The summed E-state index contributed by atoms with van der Waals surface area (Å²) in [6.45, 7) is 2.54. The molecule has 4 aliphatic rings. The van der Waals surface area contributed by atoms with Gasteiger partial charge in [0.15, 0.2) is 0 Å². The van der Waals surface area contributed by atoms with Crippen molar-refractivity contribution < 1.29 is 39.0 Å². The third-order valence-corrected chi connectivity index (χ3v) is 11.3. The van der Waals surface area contributed by atoms with Crippen LogP contribution in [0.3, 0.4) is 0 Å². The van der Waals surface area contributed by atoms with Crippen molar-refractivity contribution in [3.05, 3.63) is 46.8 Å². The summed E-state index contributed by atoms with van der Waals surface area (Å²) >= 11 is 0. The van der Waals surface area contributed by atoms with Crippen molar-refractivity contribution >= 4 is 47.2 Å². The Bertz CT molecular complexity index is 1770. The smallest absolute Gasteiger partial charge is 0.323 e. The van der Waals surface area contributed by atoms with E-state index in [2.05, 4.69) is 45.5 Å². The van der Waals surface area contributed by atoms with Crippen molar-refractivity contribution in [2.45, 2.75) is 82.5 Å². The molecule has 6 N–H and O–H groups in total. The monoisotopic (exact) mass is 760 g/mol. The Morgan fingerprint density at radius 3 is 1.56 bits per heavy atom. The molecule has 0 saturated carbocycles. The van der Waals surface area contributed by atoms with Crippen LogP contribution in [0.2, 0.25) is 0 Å². The maximum Gasteiger partial charge on any atom is 0.323 e. The van der Waals surface area contributed by atoms with Crippen molar-refractivity contribution in [3.63, 3.8) is 0 Å². The number of carbonyl (C=O) groups excluding carboxylic acids is 4. The summed E-state index contributed by atoms with van der Waals surface area (Å²) < 4.78 is 0. The van der Waals surface area contributed by atoms with Crippen LogP contribution in [-0.2, 0) is 41.6 Å². The fourth-order valence-electron chi connectivity index (χ4n) is 8.30. The summed E-state index contributed by atoms with van der Waals surface area (Å²) in [6.07, 6.45) is 6.80. The van der Waals surface area contributed by atoms with E-state index in [9.17, 15) is 28.8 Å². The standard InChI is InChI=1S/C39H52N8O8/c48-32-20-24(12-18-46(32)22-34(50)51)38(54)42-14-2-1-4-26-6-8-30-28(10-16-40-36(30)44-26)29-11-17-41-37-31(29)9-7-27(45-37)5-3-15-43-39(55)25-13-19-47(23-35(52)53)33(49)21-25/h6-9,24-25,28-29H,1-5,10-23H2,(H,40,44)(H,41,45)(H,42,54)(H,43,55)(H,50,51)(H,52,53). The highest BCUT2D eigenvalue weighted by Crippen LogP contribution is 2.46. The lowest BCUT2D eigenvalue weighted by molar-refractivity contribution is -0.148. The number of anilines is 2. The van der Waals surface area contributed by atoms with Crippen molar-refractivity contribution in [1.29, 1.82) is 0 Å². The first-order valence-corrected chi connectivity index (χ1v) is 19.6. The van der Waals surface area contributed by atoms with Gasteiger partial charge >= 0.3 is 11.9 Å². The van der Waals surface area contributed by atoms with Gasteiger partial charge in [0, 0.05) is 75.3 Å². The molecule has 296 valence electrons. The summed E-state index contributed by atoms with van der Waals surface area (Å²) in [5.74, 6) is -1.40. The molecular weight excluding hydrogens is 708 g/mol. The molecule has 6 heterocycles. The molecule has 4 amide bonds. The number of carboxylic acid groups (broad SMARTS) is 2. The van der Waals surface area contributed by atoms with E-state index >= 15 is 0 Å². The molecule has 2 aromatic rings. The predicted octanol–water partition coefficient (Wildman–Crippen LogP) is 2.11. The Morgan fingerprint density at radius 2 is 1.11 bits per heavy atom. The second-order valence-electron chi connectivity index (χ2n) is 15.1. The number of rotatable bonds is 16. The van der Waals surface area contributed by atoms with Crippen molar-refractivity contribution in [3.8, 4) is 0 Å². The normalized spacial score (nSPS) is 22.1. The number of amides is 4. The number of hydrogen-bond donors (Lipinski definition) is 6. The van der Waals surface area contributed by atoms with Gasteiger partial charge in [-0.2, -0.15) is 0 Å². The number of likely N-dealkylation sites (tertiary alicyclic amines) is 2. The van der Waals surface area contributed by atoms with Gasteiger partial charge in [-0.05, 0) is 92.9 Å². The average Bonchev–Trinajstić information content (AvgIpc) is 3.16. The first-order valence-electron chi connectivity index (χ1n) is 19.6. The zero-order valence-electron chi connectivity index (χ0n) is 31.2. The van der Waals surface area contributed by atoms with Gasteiger partial charge in [-0.25, -0.2) is 9.97 Å². The van der Waals surface area contributed by atoms with E-state index in [-0.39, 0.29) is 62.6 Å². The van der Waals surface area contributed by atoms with E-state index in [1.807, 2.05) is 0 Å². The molecule has 0 aliphatic carbocycles. The second-order valence-corrected chi connectivity index (χ2v) is 15.1. The molecule has 0 bridgehead atoms. The van der Waals surface area contributed by atoms with E-state index in [0.29, 0.717) is 50.6 Å². The lowest BCUT2D eigenvalue weighted by atomic mass is 9.75. The minimum atomic E-state index is -1.05. The van der Waals surface area contributed by atoms with Gasteiger partial charge in [-0.15, -0.1) is 0 Å². The molecule has 2 saturated heterocycles. The number of aromatic nitrogens is 2. The van der Waals surface area contributed by atoms with Crippen molar-refractivity contribution in [2.24, 2.45) is 11.8 Å². The highest BCUT2D eigenvalue weighted by molar-refractivity contribution is 5.89. The van der Waals surface area contributed by atoms with Crippen LogP contribution in [0.25, 0.3) is 0 Å². The van der Waals surface area contributed by atoms with E-state index in [1.54, 1.807) is 0 Å². The Labute approximate surface area is 320 Å². The molecule has 16 nitrogen and oxygen atoms in total. The zero-order valence-corrected chi connectivity index (χ0v) is 31.2. The molecule has 4 atom stereocenters. The van der Waals surface area contributed by atoms with Crippen LogP contribution in [0.5, 0.6) is 0 Å². The van der Waals surface area contributed by atoms with Gasteiger partial charge in [-0.3, -0.25) is 28.8 Å².